The van der Waals surface area contributed by atoms with Crippen LogP contribution in [0.4, 0.5) is 31.1 Å². The Balaban J connectivity index is 1.97. The van der Waals surface area contributed by atoms with Crippen LogP contribution in [0.5, 0.6) is 0 Å². The molecule has 0 unspecified atom stereocenters. The van der Waals surface area contributed by atoms with Crippen molar-refractivity contribution in [3.8, 4) is 0 Å². The molecule has 1 saturated heterocycles. The number of likely N-dealkylation sites (N-methyl/N-ethyl adjacent to an activating group) is 1. The highest BCUT2D eigenvalue weighted by molar-refractivity contribution is 9.10. The third-order valence-electron chi connectivity index (χ3n) is 6.18. The van der Waals surface area contributed by atoms with Crippen LogP contribution in [0.25, 0.3) is 0 Å². The molecule has 0 bridgehead atoms. The van der Waals surface area contributed by atoms with Gasteiger partial charge < -0.3 is 14.5 Å². The van der Waals surface area contributed by atoms with E-state index < -0.39 is 58.6 Å². The molecular weight excluding hydrogens is 582 g/mol. The maximum atomic E-state index is 13.4. The first kappa shape index (κ1) is 29.8. The second kappa shape index (κ2) is 10.8. The van der Waals surface area contributed by atoms with Crippen molar-refractivity contribution in [2.75, 3.05) is 20.1 Å². The number of halogens is 7. The number of hydrogen-bond donors (Lipinski definition) is 0. The Morgan fingerprint density at radius 3 is 1.95 bits per heavy atom. The molecule has 5 nitrogen and oxygen atoms in total. The lowest BCUT2D eigenvalue weighted by atomic mass is 9.85. The summed E-state index contributed by atoms with van der Waals surface area (Å²) in [4.78, 5) is 28.7. The molecule has 1 fully saturated rings. The number of hydrogen-bond acceptors (Lipinski definition) is 3. The predicted molar refractivity (Wildman–Crippen MR) is 132 cm³/mol. The summed E-state index contributed by atoms with van der Waals surface area (Å²) >= 11 is 3.35. The number of carbonyl (C=O) groups is 2. The smallest absolute Gasteiger partial charge is 0.416 e. The van der Waals surface area contributed by atoms with Crippen molar-refractivity contribution < 1.29 is 40.7 Å². The first-order valence-electron chi connectivity index (χ1n) is 11.7. The summed E-state index contributed by atoms with van der Waals surface area (Å²) in [6.45, 7) is 5.48. The summed E-state index contributed by atoms with van der Waals surface area (Å²) in [5, 5.41) is 0. The molecule has 1 aliphatic heterocycles. The van der Waals surface area contributed by atoms with E-state index in [1.807, 2.05) is 0 Å². The maximum absolute atomic E-state index is 13.4. The molecule has 38 heavy (non-hydrogen) atoms. The number of benzene rings is 2. The van der Waals surface area contributed by atoms with Crippen molar-refractivity contribution in [2.24, 2.45) is 0 Å². The highest BCUT2D eigenvalue weighted by atomic mass is 79.9. The number of nitrogens with zero attached hydrogens (tertiary/aromatic N) is 2. The Kier molecular flexibility index (Phi) is 8.45. The molecule has 12 heteroatoms. The molecule has 1 heterocycles. The molecule has 0 radical (unpaired) electrons. The second-order valence-electron chi connectivity index (χ2n) is 10.2. The Labute approximate surface area is 224 Å². The number of alkyl halides is 6. The van der Waals surface area contributed by atoms with E-state index in [9.17, 15) is 35.9 Å². The summed E-state index contributed by atoms with van der Waals surface area (Å²) in [7, 11) is 1.34. The van der Waals surface area contributed by atoms with Gasteiger partial charge in [0.05, 0.1) is 11.1 Å². The van der Waals surface area contributed by atoms with Gasteiger partial charge in [-0.1, -0.05) is 28.1 Å². The van der Waals surface area contributed by atoms with Crippen LogP contribution in [0.2, 0.25) is 0 Å². The number of piperidine rings is 1. The fourth-order valence-electron chi connectivity index (χ4n) is 4.37. The molecule has 2 atom stereocenters. The van der Waals surface area contributed by atoms with E-state index in [0.29, 0.717) is 12.1 Å². The fourth-order valence-corrected chi connectivity index (χ4v) is 4.63. The minimum Gasteiger partial charge on any atom is -0.444 e. The quantitative estimate of drug-likeness (QED) is 0.342. The van der Waals surface area contributed by atoms with Gasteiger partial charge in [0, 0.05) is 42.1 Å². The highest BCUT2D eigenvalue weighted by Gasteiger charge is 2.40. The number of amides is 2. The number of rotatable bonds is 3. The minimum absolute atomic E-state index is 0.0132. The normalized spacial score (nSPS) is 18.8. The van der Waals surface area contributed by atoms with Gasteiger partial charge in [-0.05, 0) is 63.1 Å². The SMILES string of the molecule is CN(C(=O)c1cc(C(F)(F)F)cc(C(F)(F)F)c1)[C@@H]1CCN(C(=O)OC(C)(C)C)C[C@H]1c1ccc(Br)cc1. The van der Waals surface area contributed by atoms with Crippen LogP contribution in [-0.4, -0.2) is 53.6 Å². The van der Waals surface area contributed by atoms with E-state index in [1.165, 1.54) is 11.9 Å². The predicted octanol–water partition coefficient (Wildman–Crippen LogP) is 7.35. The standard InChI is InChI=1S/C26H27BrF6N2O3/c1-24(2,3)38-23(37)35-10-9-21(20(14-35)15-5-7-19(27)8-6-15)34(4)22(36)16-11-17(25(28,29)30)13-18(12-16)26(31,32)33/h5-8,11-13,20-21H,9-10,14H2,1-4H3/t20-,21+/m0/s1. The molecule has 3 rings (SSSR count). The molecule has 208 valence electrons. The van der Waals surface area contributed by atoms with Gasteiger partial charge in [0.15, 0.2) is 0 Å². The van der Waals surface area contributed by atoms with E-state index >= 15 is 0 Å². The molecule has 2 aromatic carbocycles. The molecule has 0 aromatic heterocycles. The van der Waals surface area contributed by atoms with Crippen molar-refractivity contribution in [1.29, 1.82) is 0 Å². The summed E-state index contributed by atoms with van der Waals surface area (Å²) < 4.78 is 86.4. The van der Waals surface area contributed by atoms with Crippen molar-refractivity contribution in [1.82, 2.24) is 9.80 Å². The molecule has 1 aliphatic rings. The van der Waals surface area contributed by atoms with Crippen molar-refractivity contribution in [3.05, 3.63) is 69.2 Å². The molecular formula is C26H27BrF6N2O3. The largest absolute Gasteiger partial charge is 0.444 e. The summed E-state index contributed by atoms with van der Waals surface area (Å²) in [5.74, 6) is -1.47. The fraction of sp³-hybridized carbons (Fsp3) is 0.462. The molecule has 0 N–H and O–H groups in total. The average Bonchev–Trinajstić information content (AvgIpc) is 2.80. The number of ether oxygens (including phenoxy) is 1. The molecule has 2 aromatic rings. The van der Waals surface area contributed by atoms with E-state index in [0.717, 1.165) is 14.9 Å². The Morgan fingerprint density at radius 2 is 1.47 bits per heavy atom. The average molecular weight is 609 g/mol. The van der Waals surface area contributed by atoms with E-state index in [1.54, 1.807) is 45.0 Å². The zero-order valence-electron chi connectivity index (χ0n) is 21.1. The lowest BCUT2D eigenvalue weighted by molar-refractivity contribution is -0.143. The van der Waals surface area contributed by atoms with Crippen molar-refractivity contribution >= 4 is 27.9 Å². The van der Waals surface area contributed by atoms with Crippen LogP contribution in [0.1, 0.15) is 60.2 Å². The topological polar surface area (TPSA) is 49.9 Å². The van der Waals surface area contributed by atoms with Crippen LogP contribution in [0.3, 0.4) is 0 Å². The molecule has 2 amide bonds. The van der Waals surface area contributed by atoms with Gasteiger partial charge >= 0.3 is 18.4 Å². The van der Waals surface area contributed by atoms with Gasteiger partial charge in [0.2, 0.25) is 0 Å². The van der Waals surface area contributed by atoms with Gasteiger partial charge in [-0.15, -0.1) is 0 Å². The molecule has 0 spiro atoms. The van der Waals surface area contributed by atoms with E-state index in [-0.39, 0.29) is 25.6 Å². The zero-order valence-corrected chi connectivity index (χ0v) is 22.7. The van der Waals surface area contributed by atoms with Gasteiger partial charge in [-0.25, -0.2) is 4.79 Å². The molecule has 0 saturated carbocycles. The monoisotopic (exact) mass is 608 g/mol. The lowest BCUT2D eigenvalue weighted by Gasteiger charge is -2.43. The summed E-state index contributed by atoms with van der Waals surface area (Å²) in [6, 6.07) is 7.32. The minimum atomic E-state index is -5.08. The van der Waals surface area contributed by atoms with Gasteiger partial charge in [-0.3, -0.25) is 4.79 Å². The first-order chi connectivity index (χ1) is 17.4. The van der Waals surface area contributed by atoms with Gasteiger partial charge in [0.1, 0.15) is 5.60 Å². The summed E-state index contributed by atoms with van der Waals surface area (Å²) in [5.41, 5.74) is -3.85. The number of likely N-dealkylation sites (tertiary alicyclic amines) is 1. The maximum Gasteiger partial charge on any atom is 0.416 e. The van der Waals surface area contributed by atoms with Crippen LogP contribution >= 0.6 is 15.9 Å². The third-order valence-corrected chi connectivity index (χ3v) is 6.71. The highest BCUT2D eigenvalue weighted by Crippen LogP contribution is 2.38. The van der Waals surface area contributed by atoms with E-state index in [2.05, 4.69) is 15.9 Å². The van der Waals surface area contributed by atoms with Crippen LogP contribution in [0, 0.1) is 0 Å². The van der Waals surface area contributed by atoms with Crippen molar-refractivity contribution in [3.63, 3.8) is 0 Å². The Hall–Kier alpha value is -2.76. The third kappa shape index (κ3) is 7.21. The van der Waals surface area contributed by atoms with E-state index in [4.69, 9.17) is 4.74 Å². The summed E-state index contributed by atoms with van der Waals surface area (Å²) in [6.07, 6.45) is -10.5. The van der Waals surface area contributed by atoms with Crippen LogP contribution in [-0.2, 0) is 17.1 Å². The van der Waals surface area contributed by atoms with Crippen molar-refractivity contribution in [2.45, 2.75) is 57.1 Å². The number of carbonyl (C=O) groups excluding carboxylic acids is 2. The second-order valence-corrected chi connectivity index (χ2v) is 11.1. The van der Waals surface area contributed by atoms with Gasteiger partial charge in [-0.2, -0.15) is 26.3 Å². The molecule has 0 aliphatic carbocycles. The van der Waals surface area contributed by atoms with Crippen LogP contribution in [0.15, 0.2) is 46.9 Å². The lowest BCUT2D eigenvalue weighted by Crippen LogP contribution is -2.52. The Morgan fingerprint density at radius 1 is 0.947 bits per heavy atom. The Bertz CT molecular complexity index is 1140. The van der Waals surface area contributed by atoms with Gasteiger partial charge in [0.25, 0.3) is 5.91 Å². The first-order valence-corrected chi connectivity index (χ1v) is 12.5. The van der Waals surface area contributed by atoms with Crippen LogP contribution < -0.4 is 0 Å². The zero-order chi connectivity index (χ0) is 28.6.